The number of allylic oxidation sites excluding steroid dienone is 4. The van der Waals surface area contributed by atoms with Gasteiger partial charge >= 0.3 is 0 Å². The van der Waals surface area contributed by atoms with Gasteiger partial charge in [0, 0.05) is 23.4 Å². The monoisotopic (exact) mass is 384 g/mol. The van der Waals surface area contributed by atoms with Gasteiger partial charge in [-0.25, -0.2) is 0 Å². The molecular formula is C25H24N2O2. The van der Waals surface area contributed by atoms with E-state index in [1.165, 1.54) is 5.56 Å². The van der Waals surface area contributed by atoms with Crippen molar-refractivity contribution in [3.8, 4) is 11.8 Å². The van der Waals surface area contributed by atoms with Crippen LogP contribution in [0.25, 0.3) is 0 Å². The first-order valence-electron chi connectivity index (χ1n) is 9.99. The van der Waals surface area contributed by atoms with Crippen molar-refractivity contribution in [2.45, 2.75) is 45.6 Å². The van der Waals surface area contributed by atoms with Gasteiger partial charge in [0.2, 0.25) is 0 Å². The third kappa shape index (κ3) is 3.82. The normalized spacial score (nSPS) is 18.8. The third-order valence-electron chi connectivity index (χ3n) is 5.64. The maximum Gasteiger partial charge on any atom is 0.161 e. The maximum absolute atomic E-state index is 12.7. The Labute approximate surface area is 171 Å². The average Bonchev–Trinajstić information content (AvgIpc) is 2.73. The molecule has 0 saturated carbocycles. The number of aryl methyl sites for hydroxylation is 1. The van der Waals surface area contributed by atoms with Gasteiger partial charge in [-0.2, -0.15) is 5.26 Å². The van der Waals surface area contributed by atoms with Crippen LogP contribution in [0.5, 0.6) is 5.75 Å². The Bertz CT molecular complexity index is 1040. The summed E-state index contributed by atoms with van der Waals surface area (Å²) in [7, 11) is 0. The zero-order valence-electron chi connectivity index (χ0n) is 16.8. The molecule has 1 N–H and O–H groups in total. The first kappa shape index (κ1) is 19.0. The van der Waals surface area contributed by atoms with Gasteiger partial charge in [0.05, 0.1) is 17.6 Å². The molecule has 0 bridgehead atoms. The molecule has 0 saturated heterocycles. The van der Waals surface area contributed by atoms with E-state index in [1.54, 1.807) is 0 Å². The summed E-state index contributed by atoms with van der Waals surface area (Å²) in [5.41, 5.74) is 6.48. The highest BCUT2D eigenvalue weighted by atomic mass is 16.5. The van der Waals surface area contributed by atoms with Crippen LogP contribution in [0.15, 0.2) is 71.1 Å². The van der Waals surface area contributed by atoms with E-state index in [2.05, 4.69) is 42.6 Å². The molecule has 4 rings (SSSR count). The second-order valence-electron chi connectivity index (χ2n) is 7.72. The molecule has 2 aromatic rings. The van der Waals surface area contributed by atoms with Crippen LogP contribution in [0.4, 0.5) is 0 Å². The fourth-order valence-corrected chi connectivity index (χ4v) is 4.07. The summed E-state index contributed by atoms with van der Waals surface area (Å²) in [6.07, 6.45) is 2.26. The topological polar surface area (TPSA) is 62.1 Å². The lowest BCUT2D eigenvalue weighted by molar-refractivity contribution is -0.116. The van der Waals surface area contributed by atoms with Gasteiger partial charge in [0.25, 0.3) is 0 Å². The van der Waals surface area contributed by atoms with E-state index in [0.717, 1.165) is 46.7 Å². The Morgan fingerprint density at radius 3 is 2.48 bits per heavy atom. The molecule has 4 nitrogen and oxygen atoms in total. The van der Waals surface area contributed by atoms with Gasteiger partial charge in [-0.05, 0) is 49.9 Å². The number of nitriles is 1. The minimum atomic E-state index is -0.296. The number of carbonyl (C=O) groups excluding carboxylic acids is 1. The summed E-state index contributed by atoms with van der Waals surface area (Å²) < 4.78 is 5.91. The van der Waals surface area contributed by atoms with Gasteiger partial charge in [-0.15, -0.1) is 0 Å². The van der Waals surface area contributed by atoms with Crippen LogP contribution >= 0.6 is 0 Å². The van der Waals surface area contributed by atoms with E-state index in [0.29, 0.717) is 18.6 Å². The molecule has 0 aromatic heterocycles. The molecule has 4 heteroatoms. The minimum Gasteiger partial charge on any atom is -0.489 e. The van der Waals surface area contributed by atoms with E-state index in [4.69, 9.17) is 4.74 Å². The number of nitrogens with one attached hydrogen (secondary N) is 1. The van der Waals surface area contributed by atoms with Crippen LogP contribution < -0.4 is 10.1 Å². The number of rotatable bonds is 4. The highest BCUT2D eigenvalue weighted by Gasteiger charge is 2.35. The molecule has 2 aliphatic rings. The molecule has 1 aliphatic carbocycles. The Kier molecular flexibility index (Phi) is 5.22. The highest BCUT2D eigenvalue weighted by molar-refractivity contribution is 5.99. The fourth-order valence-electron chi connectivity index (χ4n) is 4.07. The quantitative estimate of drug-likeness (QED) is 0.800. The van der Waals surface area contributed by atoms with E-state index in [9.17, 15) is 10.1 Å². The molecule has 29 heavy (non-hydrogen) atoms. The van der Waals surface area contributed by atoms with E-state index >= 15 is 0 Å². The Balaban J connectivity index is 1.58. The molecule has 2 aromatic carbocycles. The summed E-state index contributed by atoms with van der Waals surface area (Å²) >= 11 is 0. The second-order valence-corrected chi connectivity index (χ2v) is 7.72. The zero-order valence-corrected chi connectivity index (χ0v) is 16.8. The Hall–Kier alpha value is -3.32. The number of dihydropyridines is 1. The summed E-state index contributed by atoms with van der Waals surface area (Å²) in [5, 5.41) is 13.0. The molecule has 0 radical (unpaired) electrons. The van der Waals surface area contributed by atoms with Gasteiger partial charge in [-0.1, -0.05) is 42.0 Å². The van der Waals surface area contributed by atoms with Crippen molar-refractivity contribution < 1.29 is 9.53 Å². The number of hydrogen-bond acceptors (Lipinski definition) is 4. The Morgan fingerprint density at radius 2 is 1.79 bits per heavy atom. The number of carbonyl (C=O) groups is 1. The zero-order chi connectivity index (χ0) is 20.4. The van der Waals surface area contributed by atoms with E-state index < -0.39 is 0 Å². The van der Waals surface area contributed by atoms with Crippen molar-refractivity contribution in [1.82, 2.24) is 5.32 Å². The van der Waals surface area contributed by atoms with Crippen molar-refractivity contribution >= 4 is 5.78 Å². The van der Waals surface area contributed by atoms with Crippen LogP contribution in [0.1, 0.15) is 48.8 Å². The predicted molar refractivity (Wildman–Crippen MR) is 112 cm³/mol. The van der Waals surface area contributed by atoms with Gasteiger partial charge in [0.1, 0.15) is 12.4 Å². The summed E-state index contributed by atoms with van der Waals surface area (Å²) in [6, 6.07) is 18.4. The van der Waals surface area contributed by atoms with E-state index in [1.807, 2.05) is 31.2 Å². The lowest BCUT2D eigenvalue weighted by Crippen LogP contribution is -2.31. The molecular weight excluding hydrogens is 360 g/mol. The minimum absolute atomic E-state index is 0.142. The smallest absolute Gasteiger partial charge is 0.161 e. The SMILES string of the molecule is CC1=C(C#N)[C@@H](c2ccc(OCc3ccc(C)cc3)cc2)C2=C(CCCC2=O)N1. The molecule has 0 spiro atoms. The molecule has 1 atom stereocenters. The number of nitrogens with zero attached hydrogens (tertiary/aromatic N) is 1. The van der Waals surface area contributed by atoms with Gasteiger partial charge < -0.3 is 10.1 Å². The standard InChI is InChI=1S/C25H24N2O2/c1-16-6-8-18(9-7-16)15-29-20-12-10-19(11-13-20)24-21(14-26)17(2)27-22-4-3-5-23(28)25(22)24/h6-13,24,27H,3-5,15H2,1-2H3/t24-/m1/s1. The first-order chi connectivity index (χ1) is 14.1. The first-order valence-corrected chi connectivity index (χ1v) is 9.99. The number of benzene rings is 2. The van der Waals surface area contributed by atoms with Crippen molar-refractivity contribution in [3.63, 3.8) is 0 Å². The Morgan fingerprint density at radius 1 is 1.07 bits per heavy atom. The second kappa shape index (κ2) is 7.97. The lowest BCUT2D eigenvalue weighted by atomic mass is 9.76. The van der Waals surface area contributed by atoms with Crippen LogP contribution in [-0.2, 0) is 11.4 Å². The van der Waals surface area contributed by atoms with Crippen molar-refractivity contribution in [1.29, 1.82) is 5.26 Å². The lowest BCUT2D eigenvalue weighted by Gasteiger charge is -2.32. The third-order valence-corrected chi connectivity index (χ3v) is 5.64. The van der Waals surface area contributed by atoms with Crippen LogP contribution in [-0.4, -0.2) is 5.78 Å². The predicted octanol–water partition coefficient (Wildman–Crippen LogP) is 5.07. The summed E-state index contributed by atoms with van der Waals surface area (Å²) in [5.74, 6) is 0.616. The number of ketones is 1. The van der Waals surface area contributed by atoms with Crippen molar-refractivity contribution in [2.24, 2.45) is 0 Å². The molecule has 0 fully saturated rings. The molecule has 0 amide bonds. The van der Waals surface area contributed by atoms with Gasteiger partial charge in [0.15, 0.2) is 5.78 Å². The number of Topliss-reactive ketones (excluding diaryl/α,β-unsaturated/α-hetero) is 1. The van der Waals surface area contributed by atoms with Crippen molar-refractivity contribution in [2.75, 3.05) is 0 Å². The molecule has 1 heterocycles. The fraction of sp³-hybridized carbons (Fsp3) is 0.280. The maximum atomic E-state index is 12.7. The van der Waals surface area contributed by atoms with Crippen LogP contribution in [0, 0.1) is 18.3 Å². The molecule has 0 unspecified atom stereocenters. The number of ether oxygens (including phenoxy) is 1. The van der Waals surface area contributed by atoms with E-state index in [-0.39, 0.29) is 11.7 Å². The van der Waals surface area contributed by atoms with Gasteiger partial charge in [-0.3, -0.25) is 4.79 Å². The van der Waals surface area contributed by atoms with Crippen molar-refractivity contribution in [3.05, 3.63) is 87.8 Å². The number of hydrogen-bond donors (Lipinski definition) is 1. The van der Waals surface area contributed by atoms with Crippen LogP contribution in [0.2, 0.25) is 0 Å². The summed E-state index contributed by atoms with van der Waals surface area (Å²) in [6.45, 7) is 4.48. The molecule has 146 valence electrons. The average molecular weight is 384 g/mol. The largest absolute Gasteiger partial charge is 0.489 e. The highest BCUT2D eigenvalue weighted by Crippen LogP contribution is 2.42. The molecule has 1 aliphatic heterocycles. The van der Waals surface area contributed by atoms with Crippen LogP contribution in [0.3, 0.4) is 0 Å². The summed E-state index contributed by atoms with van der Waals surface area (Å²) in [4.78, 5) is 12.7.